The summed E-state index contributed by atoms with van der Waals surface area (Å²) in [7, 11) is 0. The van der Waals surface area contributed by atoms with Gasteiger partial charge in [-0.1, -0.05) is 23.9 Å². The zero-order valence-corrected chi connectivity index (χ0v) is 15.8. The maximum absolute atomic E-state index is 12.7. The minimum absolute atomic E-state index is 0.241. The van der Waals surface area contributed by atoms with E-state index in [1.165, 1.54) is 12.0 Å². The van der Waals surface area contributed by atoms with Crippen LogP contribution in [0.15, 0.2) is 29.3 Å². The van der Waals surface area contributed by atoms with Crippen LogP contribution in [0.2, 0.25) is 0 Å². The first-order valence-corrected chi connectivity index (χ1v) is 9.76. The zero-order valence-electron chi connectivity index (χ0n) is 15.0. The third kappa shape index (κ3) is 3.59. The second-order valence-corrected chi connectivity index (χ2v) is 7.99. The van der Waals surface area contributed by atoms with Gasteiger partial charge >= 0.3 is 0 Å². The van der Waals surface area contributed by atoms with Crippen LogP contribution in [0.1, 0.15) is 44.2 Å². The number of aryl methyl sites for hydroxylation is 2. The number of carbonyl (C=O) groups is 1. The lowest BCUT2D eigenvalue weighted by molar-refractivity contribution is -0.134. The summed E-state index contributed by atoms with van der Waals surface area (Å²) in [4.78, 5) is 19.6. The summed E-state index contributed by atoms with van der Waals surface area (Å²) in [5.41, 5.74) is 3.36. The molecule has 24 heavy (non-hydrogen) atoms. The SMILES string of the molecule is Cc1ccc2cc(C)c(SCC(=O)N3C(C)CCCC3C)nc2c1. The number of nitrogens with zero attached hydrogens (tertiary/aromatic N) is 2. The van der Waals surface area contributed by atoms with E-state index in [0.29, 0.717) is 17.8 Å². The monoisotopic (exact) mass is 342 g/mol. The van der Waals surface area contributed by atoms with Crippen LogP contribution < -0.4 is 0 Å². The second kappa shape index (κ2) is 7.14. The number of pyridine rings is 1. The van der Waals surface area contributed by atoms with Crippen LogP contribution in [-0.2, 0) is 4.79 Å². The summed E-state index contributed by atoms with van der Waals surface area (Å²) in [5.74, 6) is 0.713. The normalized spacial score (nSPS) is 21.2. The van der Waals surface area contributed by atoms with Crippen molar-refractivity contribution in [2.45, 2.75) is 64.1 Å². The number of hydrogen-bond acceptors (Lipinski definition) is 3. The minimum atomic E-state index is 0.241. The Morgan fingerprint density at radius 3 is 2.62 bits per heavy atom. The van der Waals surface area contributed by atoms with Gasteiger partial charge in [-0.3, -0.25) is 4.79 Å². The summed E-state index contributed by atoms with van der Waals surface area (Å²) >= 11 is 1.57. The van der Waals surface area contributed by atoms with E-state index < -0.39 is 0 Å². The van der Waals surface area contributed by atoms with E-state index in [4.69, 9.17) is 4.98 Å². The molecule has 1 aliphatic rings. The Labute approximate surface area is 148 Å². The van der Waals surface area contributed by atoms with Crippen molar-refractivity contribution in [3.63, 3.8) is 0 Å². The van der Waals surface area contributed by atoms with Crippen LogP contribution >= 0.6 is 11.8 Å². The van der Waals surface area contributed by atoms with E-state index in [1.807, 2.05) is 0 Å². The summed E-state index contributed by atoms with van der Waals surface area (Å²) in [6.45, 7) is 8.49. The maximum atomic E-state index is 12.7. The average Bonchev–Trinajstić information content (AvgIpc) is 2.53. The molecular weight excluding hydrogens is 316 g/mol. The number of aromatic nitrogens is 1. The first-order valence-electron chi connectivity index (χ1n) is 8.77. The number of fused-ring (bicyclic) bond motifs is 1. The highest BCUT2D eigenvalue weighted by atomic mass is 32.2. The molecule has 128 valence electrons. The van der Waals surface area contributed by atoms with Crippen molar-refractivity contribution >= 4 is 28.6 Å². The quantitative estimate of drug-likeness (QED) is 0.756. The molecule has 1 amide bonds. The van der Waals surface area contributed by atoms with E-state index in [9.17, 15) is 4.79 Å². The summed E-state index contributed by atoms with van der Waals surface area (Å²) in [6, 6.07) is 9.21. The predicted molar refractivity (Wildman–Crippen MR) is 102 cm³/mol. The standard InChI is InChI=1S/C20H26N2OS/c1-13-8-9-17-11-14(2)20(21-18(17)10-13)24-12-19(23)22-15(3)6-5-7-16(22)4/h8-11,15-16H,5-7,12H2,1-4H3. The number of hydrogen-bond donors (Lipinski definition) is 0. The fourth-order valence-electron chi connectivity index (χ4n) is 3.63. The van der Waals surface area contributed by atoms with E-state index in [2.05, 4.69) is 56.9 Å². The van der Waals surface area contributed by atoms with Gasteiger partial charge < -0.3 is 4.90 Å². The van der Waals surface area contributed by atoms with Crippen molar-refractivity contribution < 1.29 is 4.79 Å². The largest absolute Gasteiger partial charge is 0.337 e. The lowest BCUT2D eigenvalue weighted by Crippen LogP contribution is -2.48. The molecule has 2 aromatic rings. The highest BCUT2D eigenvalue weighted by Crippen LogP contribution is 2.28. The molecule has 1 aromatic heterocycles. The van der Waals surface area contributed by atoms with E-state index in [-0.39, 0.29) is 5.91 Å². The molecule has 0 bridgehead atoms. The van der Waals surface area contributed by atoms with Crippen molar-refractivity contribution in [2.75, 3.05) is 5.75 Å². The molecule has 0 spiro atoms. The van der Waals surface area contributed by atoms with Crippen LogP contribution in [0.4, 0.5) is 0 Å². The van der Waals surface area contributed by atoms with Gasteiger partial charge in [0.15, 0.2) is 0 Å². The summed E-state index contributed by atoms with van der Waals surface area (Å²) < 4.78 is 0. The van der Waals surface area contributed by atoms with Crippen molar-refractivity contribution in [3.8, 4) is 0 Å². The highest BCUT2D eigenvalue weighted by molar-refractivity contribution is 7.99. The number of amides is 1. The molecule has 3 nitrogen and oxygen atoms in total. The van der Waals surface area contributed by atoms with Crippen molar-refractivity contribution in [2.24, 2.45) is 0 Å². The Morgan fingerprint density at radius 2 is 1.92 bits per heavy atom. The molecule has 0 saturated carbocycles. The summed E-state index contributed by atoms with van der Waals surface area (Å²) in [6.07, 6.45) is 3.46. The molecule has 2 heterocycles. The van der Waals surface area contributed by atoms with E-state index in [1.54, 1.807) is 11.8 Å². The van der Waals surface area contributed by atoms with Crippen LogP contribution in [0, 0.1) is 13.8 Å². The third-order valence-electron chi connectivity index (χ3n) is 4.93. The Kier molecular flexibility index (Phi) is 5.14. The fraction of sp³-hybridized carbons (Fsp3) is 0.500. The van der Waals surface area contributed by atoms with Crippen LogP contribution in [-0.4, -0.2) is 33.6 Å². The van der Waals surface area contributed by atoms with Gasteiger partial charge in [0, 0.05) is 17.5 Å². The minimum Gasteiger partial charge on any atom is -0.337 e. The van der Waals surface area contributed by atoms with Crippen molar-refractivity contribution in [1.29, 1.82) is 0 Å². The number of piperidine rings is 1. The molecule has 0 radical (unpaired) electrons. The first-order chi connectivity index (χ1) is 11.5. The van der Waals surface area contributed by atoms with Gasteiger partial charge in [-0.25, -0.2) is 4.98 Å². The lowest BCUT2D eigenvalue weighted by atomic mass is 9.98. The molecule has 1 saturated heterocycles. The third-order valence-corrected chi connectivity index (χ3v) is 6.01. The molecule has 2 unspecified atom stereocenters. The van der Waals surface area contributed by atoms with Crippen LogP contribution in [0.25, 0.3) is 10.9 Å². The molecular formula is C20H26N2OS. The number of rotatable bonds is 3. The average molecular weight is 343 g/mol. The zero-order chi connectivity index (χ0) is 17.3. The molecule has 2 atom stereocenters. The van der Waals surface area contributed by atoms with Crippen LogP contribution in [0.5, 0.6) is 0 Å². The van der Waals surface area contributed by atoms with Gasteiger partial charge in [0.1, 0.15) is 5.03 Å². The molecule has 1 fully saturated rings. The second-order valence-electron chi connectivity index (χ2n) is 7.03. The Bertz CT molecular complexity index is 749. The lowest BCUT2D eigenvalue weighted by Gasteiger charge is -2.39. The van der Waals surface area contributed by atoms with Gasteiger partial charge in [0.2, 0.25) is 5.91 Å². The Hall–Kier alpha value is -1.55. The van der Waals surface area contributed by atoms with Crippen molar-refractivity contribution in [3.05, 3.63) is 35.4 Å². The Balaban J connectivity index is 1.75. The molecule has 3 rings (SSSR count). The topological polar surface area (TPSA) is 33.2 Å². The van der Waals surface area contributed by atoms with E-state index in [0.717, 1.165) is 34.3 Å². The number of likely N-dealkylation sites (tertiary alicyclic amines) is 1. The predicted octanol–water partition coefficient (Wildman–Crippen LogP) is 4.73. The molecule has 0 aliphatic carbocycles. The highest BCUT2D eigenvalue weighted by Gasteiger charge is 2.28. The molecule has 1 aromatic carbocycles. The van der Waals surface area contributed by atoms with Gasteiger partial charge in [0.05, 0.1) is 11.3 Å². The smallest absolute Gasteiger partial charge is 0.233 e. The number of benzene rings is 1. The first kappa shape index (κ1) is 17.3. The maximum Gasteiger partial charge on any atom is 0.233 e. The fourth-order valence-corrected chi connectivity index (χ4v) is 4.49. The van der Waals surface area contributed by atoms with Gasteiger partial charge in [-0.2, -0.15) is 0 Å². The summed E-state index contributed by atoms with van der Waals surface area (Å²) in [5, 5.41) is 2.13. The van der Waals surface area contributed by atoms with E-state index >= 15 is 0 Å². The number of thioether (sulfide) groups is 1. The van der Waals surface area contributed by atoms with Gasteiger partial charge in [0.25, 0.3) is 0 Å². The van der Waals surface area contributed by atoms with Gasteiger partial charge in [-0.15, -0.1) is 0 Å². The molecule has 0 N–H and O–H groups in total. The van der Waals surface area contributed by atoms with Crippen molar-refractivity contribution in [1.82, 2.24) is 9.88 Å². The Morgan fingerprint density at radius 1 is 1.21 bits per heavy atom. The molecule has 4 heteroatoms. The van der Waals surface area contributed by atoms with Crippen LogP contribution in [0.3, 0.4) is 0 Å². The van der Waals surface area contributed by atoms with Gasteiger partial charge in [-0.05, 0) is 70.2 Å². The number of carbonyl (C=O) groups excluding carboxylic acids is 1. The molecule has 1 aliphatic heterocycles.